The molecule has 0 saturated carbocycles. The summed E-state index contributed by atoms with van der Waals surface area (Å²) in [4.78, 5) is 13.3. The van der Waals surface area contributed by atoms with Crippen LogP contribution in [0.5, 0.6) is 0 Å². The normalized spacial score (nSPS) is 13.3. The van der Waals surface area contributed by atoms with Gasteiger partial charge in [0.1, 0.15) is 5.82 Å². The summed E-state index contributed by atoms with van der Waals surface area (Å²) in [5.74, 6) is -1.09. The number of sulfonamides is 2. The molecule has 1 aliphatic heterocycles. The van der Waals surface area contributed by atoms with E-state index in [1.165, 1.54) is 65.0 Å². The SMILES string of the molecule is O=C(CN(Cc1ccc(F)cc1)S(=O)(=O)c1ccccc1)Nc1ccc2c(c1)N(S(=O)(=O)c1ccc(Cl)cc1)CC2. The second-order valence-electron chi connectivity index (χ2n) is 9.39. The van der Waals surface area contributed by atoms with Gasteiger partial charge < -0.3 is 5.32 Å². The quantitative estimate of drug-likeness (QED) is 0.284. The molecule has 1 amide bonds. The zero-order valence-corrected chi connectivity index (χ0v) is 24.0. The Morgan fingerprint density at radius 2 is 1.56 bits per heavy atom. The highest BCUT2D eigenvalue weighted by Gasteiger charge is 2.32. The molecule has 0 aliphatic carbocycles. The van der Waals surface area contributed by atoms with Gasteiger partial charge >= 0.3 is 0 Å². The van der Waals surface area contributed by atoms with E-state index in [-0.39, 0.29) is 22.9 Å². The average molecular weight is 614 g/mol. The number of carbonyl (C=O) groups is 1. The number of carbonyl (C=O) groups excluding carboxylic acids is 1. The molecule has 4 aromatic carbocycles. The van der Waals surface area contributed by atoms with Crippen molar-refractivity contribution in [2.75, 3.05) is 22.7 Å². The minimum absolute atomic E-state index is 0.00971. The Balaban J connectivity index is 1.38. The Kier molecular flexibility index (Phi) is 8.14. The van der Waals surface area contributed by atoms with Crippen LogP contribution < -0.4 is 9.62 Å². The molecule has 12 heteroatoms. The van der Waals surface area contributed by atoms with Crippen molar-refractivity contribution in [2.24, 2.45) is 0 Å². The van der Waals surface area contributed by atoms with E-state index in [0.29, 0.717) is 28.4 Å². The number of amides is 1. The lowest BCUT2D eigenvalue weighted by Gasteiger charge is -2.23. The van der Waals surface area contributed by atoms with Crippen LogP contribution in [0.2, 0.25) is 5.02 Å². The molecule has 212 valence electrons. The summed E-state index contributed by atoms with van der Waals surface area (Å²) in [5.41, 5.74) is 2.04. The molecular formula is C29H25ClFN3O5S2. The van der Waals surface area contributed by atoms with E-state index in [2.05, 4.69) is 5.32 Å². The van der Waals surface area contributed by atoms with Gasteiger partial charge in [0.25, 0.3) is 10.0 Å². The molecule has 8 nitrogen and oxygen atoms in total. The standard InChI is InChI=1S/C29H25ClFN3O5S2/c30-23-9-14-27(15-10-23)41(38,39)34-17-16-22-8-13-25(18-28(22)34)32-29(35)20-33(19-21-6-11-24(31)12-7-21)40(36,37)26-4-2-1-3-5-26/h1-15,18H,16-17,19-20H2,(H,32,35). The molecule has 0 bridgehead atoms. The van der Waals surface area contributed by atoms with Crippen molar-refractivity contribution < 1.29 is 26.0 Å². The van der Waals surface area contributed by atoms with Crippen molar-refractivity contribution in [2.45, 2.75) is 22.8 Å². The van der Waals surface area contributed by atoms with Gasteiger partial charge in [-0.15, -0.1) is 0 Å². The fourth-order valence-corrected chi connectivity index (χ4v) is 7.56. The van der Waals surface area contributed by atoms with Crippen LogP contribution in [0.25, 0.3) is 0 Å². The van der Waals surface area contributed by atoms with Gasteiger partial charge in [-0.3, -0.25) is 9.10 Å². The second-order valence-corrected chi connectivity index (χ2v) is 13.6. The summed E-state index contributed by atoms with van der Waals surface area (Å²) in [6.45, 7) is -0.459. The molecule has 0 radical (unpaired) electrons. The van der Waals surface area contributed by atoms with Crippen LogP contribution in [0.1, 0.15) is 11.1 Å². The van der Waals surface area contributed by atoms with Crippen LogP contribution in [0.4, 0.5) is 15.8 Å². The maximum Gasteiger partial charge on any atom is 0.264 e. The molecule has 1 heterocycles. The number of hydrogen-bond acceptors (Lipinski definition) is 5. The van der Waals surface area contributed by atoms with Crippen LogP contribution in [-0.2, 0) is 37.8 Å². The number of fused-ring (bicyclic) bond motifs is 1. The molecule has 0 atom stereocenters. The van der Waals surface area contributed by atoms with E-state index < -0.39 is 38.3 Å². The van der Waals surface area contributed by atoms with Crippen molar-refractivity contribution in [1.82, 2.24) is 4.31 Å². The zero-order chi connectivity index (χ0) is 29.2. The summed E-state index contributed by atoms with van der Waals surface area (Å²) in [5, 5.41) is 3.11. The number of benzene rings is 4. The maximum atomic E-state index is 13.4. The van der Waals surface area contributed by atoms with Crippen LogP contribution in [0.15, 0.2) is 107 Å². The highest BCUT2D eigenvalue weighted by molar-refractivity contribution is 7.92. The van der Waals surface area contributed by atoms with Gasteiger partial charge in [0.05, 0.1) is 22.0 Å². The van der Waals surface area contributed by atoms with Crippen molar-refractivity contribution >= 4 is 48.9 Å². The Labute approximate surface area is 243 Å². The van der Waals surface area contributed by atoms with Gasteiger partial charge in [-0.25, -0.2) is 21.2 Å². The number of hydrogen-bond donors (Lipinski definition) is 1. The summed E-state index contributed by atoms with van der Waals surface area (Å²) in [7, 11) is -7.96. The monoisotopic (exact) mass is 613 g/mol. The lowest BCUT2D eigenvalue weighted by atomic mass is 10.1. The maximum absolute atomic E-state index is 13.4. The van der Waals surface area contributed by atoms with E-state index in [1.807, 2.05) is 0 Å². The Morgan fingerprint density at radius 3 is 2.24 bits per heavy atom. The first-order valence-electron chi connectivity index (χ1n) is 12.5. The van der Waals surface area contributed by atoms with Gasteiger partial charge in [-0.2, -0.15) is 4.31 Å². The lowest BCUT2D eigenvalue weighted by Crippen LogP contribution is -2.37. The second kappa shape index (κ2) is 11.6. The number of rotatable bonds is 9. The molecule has 41 heavy (non-hydrogen) atoms. The summed E-state index contributed by atoms with van der Waals surface area (Å²) < 4.78 is 69.3. The van der Waals surface area contributed by atoms with E-state index in [9.17, 15) is 26.0 Å². The van der Waals surface area contributed by atoms with Gasteiger partial charge in [0.2, 0.25) is 15.9 Å². The summed E-state index contributed by atoms with van der Waals surface area (Å²) in [6.07, 6.45) is 0.497. The Bertz CT molecular complexity index is 1780. The van der Waals surface area contributed by atoms with Crippen LogP contribution >= 0.6 is 11.6 Å². The van der Waals surface area contributed by atoms with E-state index >= 15 is 0 Å². The molecule has 0 fully saturated rings. The number of halogens is 2. The first-order valence-corrected chi connectivity index (χ1v) is 15.8. The Hall–Kier alpha value is -3.77. The third-order valence-corrected chi connectivity index (χ3v) is 10.5. The first-order chi connectivity index (χ1) is 19.5. The predicted octanol–water partition coefficient (Wildman–Crippen LogP) is 5.06. The van der Waals surface area contributed by atoms with Crippen LogP contribution in [-0.4, -0.2) is 40.1 Å². The minimum Gasteiger partial charge on any atom is -0.325 e. The third-order valence-electron chi connectivity index (χ3n) is 6.60. The molecule has 5 rings (SSSR count). The van der Waals surface area contributed by atoms with Gasteiger partial charge in [-0.05, 0) is 78.2 Å². The summed E-state index contributed by atoms with van der Waals surface area (Å²) in [6, 6.07) is 23.9. The number of nitrogens with one attached hydrogen (secondary N) is 1. The molecule has 0 aromatic heterocycles. The highest BCUT2D eigenvalue weighted by Crippen LogP contribution is 2.35. The van der Waals surface area contributed by atoms with Gasteiger partial charge in [0, 0.05) is 23.8 Å². The average Bonchev–Trinajstić information content (AvgIpc) is 3.39. The number of nitrogens with zero attached hydrogens (tertiary/aromatic N) is 2. The fourth-order valence-electron chi connectivity index (χ4n) is 4.53. The Morgan fingerprint density at radius 1 is 0.878 bits per heavy atom. The zero-order valence-electron chi connectivity index (χ0n) is 21.6. The van der Waals surface area contributed by atoms with E-state index in [0.717, 1.165) is 9.87 Å². The molecular weight excluding hydrogens is 589 g/mol. The highest BCUT2D eigenvalue weighted by atomic mass is 35.5. The topological polar surface area (TPSA) is 104 Å². The predicted molar refractivity (Wildman–Crippen MR) is 155 cm³/mol. The number of anilines is 2. The lowest BCUT2D eigenvalue weighted by molar-refractivity contribution is -0.116. The van der Waals surface area contributed by atoms with Crippen molar-refractivity contribution in [3.63, 3.8) is 0 Å². The smallest absolute Gasteiger partial charge is 0.264 e. The van der Waals surface area contributed by atoms with Crippen LogP contribution in [0, 0.1) is 5.82 Å². The minimum atomic E-state index is -4.09. The molecule has 0 saturated heterocycles. The van der Waals surface area contributed by atoms with Crippen molar-refractivity contribution in [3.8, 4) is 0 Å². The first kappa shape index (κ1) is 28.7. The fraction of sp³-hybridized carbons (Fsp3) is 0.138. The van der Waals surface area contributed by atoms with Crippen molar-refractivity contribution in [3.05, 3.63) is 119 Å². The molecule has 4 aromatic rings. The van der Waals surface area contributed by atoms with E-state index in [4.69, 9.17) is 11.6 Å². The van der Waals surface area contributed by atoms with E-state index in [1.54, 1.807) is 36.4 Å². The van der Waals surface area contributed by atoms with Gasteiger partial charge in [-0.1, -0.05) is 48.0 Å². The molecule has 0 spiro atoms. The molecule has 0 unspecified atom stereocenters. The summed E-state index contributed by atoms with van der Waals surface area (Å²) >= 11 is 5.92. The molecule has 1 aliphatic rings. The largest absolute Gasteiger partial charge is 0.325 e. The van der Waals surface area contributed by atoms with Crippen LogP contribution in [0.3, 0.4) is 0 Å². The third kappa shape index (κ3) is 6.28. The van der Waals surface area contributed by atoms with Gasteiger partial charge in [0.15, 0.2) is 0 Å². The molecule has 1 N–H and O–H groups in total. The van der Waals surface area contributed by atoms with Crippen molar-refractivity contribution in [1.29, 1.82) is 0 Å².